The molecule has 1 aromatic rings. The molecule has 92 valence electrons. The van der Waals surface area contributed by atoms with E-state index >= 15 is 0 Å². The number of ether oxygens (including phenoxy) is 1. The van der Waals surface area contributed by atoms with E-state index in [1.54, 1.807) is 6.07 Å². The lowest BCUT2D eigenvalue weighted by molar-refractivity contribution is 0.0337. The highest BCUT2D eigenvalue weighted by Crippen LogP contribution is 2.13. The lowest BCUT2D eigenvalue weighted by atomic mass is 10.1. The first-order valence-electron chi connectivity index (χ1n) is 5.61. The lowest BCUT2D eigenvalue weighted by Gasteiger charge is -2.26. The van der Waals surface area contributed by atoms with Gasteiger partial charge >= 0.3 is 0 Å². The van der Waals surface area contributed by atoms with Crippen molar-refractivity contribution in [3.8, 4) is 0 Å². The molecule has 1 fully saturated rings. The van der Waals surface area contributed by atoms with Gasteiger partial charge in [0.15, 0.2) is 0 Å². The molecule has 17 heavy (non-hydrogen) atoms. The summed E-state index contributed by atoms with van der Waals surface area (Å²) in [5.74, 6) is 4.81. The average Bonchev–Trinajstić information content (AvgIpc) is 2.34. The molecule has 0 atom stereocenters. The van der Waals surface area contributed by atoms with E-state index in [0.717, 1.165) is 26.3 Å². The topological polar surface area (TPSA) is 50.8 Å². The van der Waals surface area contributed by atoms with Crippen molar-refractivity contribution in [1.29, 1.82) is 0 Å². The molecule has 0 aromatic heterocycles. The number of nitrogens with two attached hydrogens (primary N) is 1. The predicted octanol–water partition coefficient (Wildman–Crippen LogP) is 0.951. The van der Waals surface area contributed by atoms with Gasteiger partial charge in [0.1, 0.15) is 5.82 Å². The first-order valence-corrected chi connectivity index (χ1v) is 5.61. The van der Waals surface area contributed by atoms with Crippen LogP contribution in [0.3, 0.4) is 0 Å². The molecule has 0 spiro atoms. The number of rotatable bonds is 3. The molecule has 0 amide bonds. The molecular formula is C12H16FN3O. The van der Waals surface area contributed by atoms with E-state index in [0.29, 0.717) is 17.7 Å². The Balaban J connectivity index is 2.05. The van der Waals surface area contributed by atoms with E-state index in [-0.39, 0.29) is 5.82 Å². The Morgan fingerprint density at radius 3 is 2.82 bits per heavy atom. The van der Waals surface area contributed by atoms with E-state index in [1.807, 2.05) is 6.07 Å². The maximum atomic E-state index is 13.8. The first kappa shape index (κ1) is 12.0. The molecular weight excluding hydrogens is 221 g/mol. The number of morpholine rings is 1. The molecule has 0 bridgehead atoms. The summed E-state index contributed by atoms with van der Waals surface area (Å²) in [7, 11) is 0. The van der Waals surface area contributed by atoms with E-state index in [1.165, 1.54) is 12.3 Å². The van der Waals surface area contributed by atoms with Crippen LogP contribution in [0.15, 0.2) is 23.3 Å². The van der Waals surface area contributed by atoms with Gasteiger partial charge in [0.2, 0.25) is 0 Å². The summed E-state index contributed by atoms with van der Waals surface area (Å²) in [6, 6.07) is 5.04. The van der Waals surface area contributed by atoms with Gasteiger partial charge in [-0.2, -0.15) is 5.10 Å². The third-order valence-electron chi connectivity index (χ3n) is 2.80. The zero-order valence-corrected chi connectivity index (χ0v) is 9.60. The highest BCUT2D eigenvalue weighted by atomic mass is 19.1. The van der Waals surface area contributed by atoms with Crippen LogP contribution in [0.1, 0.15) is 11.1 Å². The fourth-order valence-corrected chi connectivity index (χ4v) is 1.86. The van der Waals surface area contributed by atoms with Crippen molar-refractivity contribution in [3.05, 3.63) is 35.1 Å². The Morgan fingerprint density at radius 1 is 1.41 bits per heavy atom. The molecule has 5 heteroatoms. The molecule has 1 aromatic carbocycles. The number of hydrogen-bond acceptors (Lipinski definition) is 4. The maximum Gasteiger partial charge on any atom is 0.128 e. The largest absolute Gasteiger partial charge is 0.379 e. The van der Waals surface area contributed by atoms with E-state index in [4.69, 9.17) is 10.6 Å². The molecule has 0 aliphatic carbocycles. The summed E-state index contributed by atoms with van der Waals surface area (Å²) < 4.78 is 19.0. The first-order chi connectivity index (χ1) is 8.29. The van der Waals surface area contributed by atoms with Crippen LogP contribution in [0.5, 0.6) is 0 Å². The Kier molecular flexibility index (Phi) is 4.06. The van der Waals surface area contributed by atoms with Gasteiger partial charge in [0, 0.05) is 25.2 Å². The van der Waals surface area contributed by atoms with Crippen LogP contribution in [0.2, 0.25) is 0 Å². The second kappa shape index (κ2) is 5.75. The number of hydrogen-bond donors (Lipinski definition) is 1. The van der Waals surface area contributed by atoms with Crippen molar-refractivity contribution in [3.63, 3.8) is 0 Å². The molecule has 1 heterocycles. The Hall–Kier alpha value is -1.46. The van der Waals surface area contributed by atoms with Crippen molar-refractivity contribution < 1.29 is 9.13 Å². The minimum Gasteiger partial charge on any atom is -0.379 e. The monoisotopic (exact) mass is 237 g/mol. The summed E-state index contributed by atoms with van der Waals surface area (Å²) in [5, 5.41) is 3.37. The van der Waals surface area contributed by atoms with Gasteiger partial charge in [-0.15, -0.1) is 0 Å². The number of nitrogens with zero attached hydrogens (tertiary/aromatic N) is 2. The number of hydrazone groups is 1. The van der Waals surface area contributed by atoms with Crippen LogP contribution < -0.4 is 5.84 Å². The standard InChI is InChI=1S/C12H16FN3O/c13-12-7-10(8-15-14)1-2-11(12)9-16-3-5-17-6-4-16/h1-2,7-8H,3-6,9,14H2. The van der Waals surface area contributed by atoms with Crippen LogP contribution in [-0.4, -0.2) is 37.4 Å². The summed E-state index contributed by atoms with van der Waals surface area (Å²) in [6.07, 6.45) is 1.43. The highest BCUT2D eigenvalue weighted by molar-refractivity contribution is 5.79. The highest BCUT2D eigenvalue weighted by Gasteiger charge is 2.12. The van der Waals surface area contributed by atoms with Gasteiger partial charge in [-0.3, -0.25) is 4.90 Å². The van der Waals surface area contributed by atoms with Crippen LogP contribution in [0.4, 0.5) is 4.39 Å². The fourth-order valence-electron chi connectivity index (χ4n) is 1.86. The smallest absolute Gasteiger partial charge is 0.128 e. The Morgan fingerprint density at radius 2 is 2.18 bits per heavy atom. The quantitative estimate of drug-likeness (QED) is 0.484. The summed E-state index contributed by atoms with van der Waals surface area (Å²) in [6.45, 7) is 3.77. The van der Waals surface area contributed by atoms with Crippen LogP contribution >= 0.6 is 0 Å². The van der Waals surface area contributed by atoms with Gasteiger partial charge in [-0.25, -0.2) is 4.39 Å². The van der Waals surface area contributed by atoms with E-state index in [2.05, 4.69) is 10.0 Å². The van der Waals surface area contributed by atoms with Crippen molar-refractivity contribution in [2.24, 2.45) is 10.9 Å². The molecule has 0 radical (unpaired) electrons. The van der Waals surface area contributed by atoms with Crippen LogP contribution in [-0.2, 0) is 11.3 Å². The molecule has 4 nitrogen and oxygen atoms in total. The lowest BCUT2D eigenvalue weighted by Crippen LogP contribution is -2.35. The SMILES string of the molecule is NN=Cc1ccc(CN2CCOCC2)c(F)c1. The molecule has 0 unspecified atom stereocenters. The summed E-state index contributed by atoms with van der Waals surface area (Å²) >= 11 is 0. The second-order valence-electron chi connectivity index (χ2n) is 4.02. The van der Waals surface area contributed by atoms with E-state index < -0.39 is 0 Å². The molecule has 2 rings (SSSR count). The van der Waals surface area contributed by atoms with Crippen molar-refractivity contribution >= 4 is 6.21 Å². The number of halogens is 1. The van der Waals surface area contributed by atoms with Crippen molar-refractivity contribution in [1.82, 2.24) is 4.90 Å². The predicted molar refractivity (Wildman–Crippen MR) is 64.3 cm³/mol. The van der Waals surface area contributed by atoms with E-state index in [9.17, 15) is 4.39 Å². The molecule has 1 aliphatic rings. The minimum atomic E-state index is -0.214. The van der Waals surface area contributed by atoms with Gasteiger partial charge in [-0.05, 0) is 11.6 Å². The van der Waals surface area contributed by atoms with Gasteiger partial charge in [0.05, 0.1) is 19.4 Å². The normalized spacial score (nSPS) is 17.7. The Labute approximate surface area is 99.9 Å². The fraction of sp³-hybridized carbons (Fsp3) is 0.417. The molecule has 2 N–H and O–H groups in total. The van der Waals surface area contributed by atoms with Crippen LogP contribution in [0, 0.1) is 5.82 Å². The van der Waals surface area contributed by atoms with Gasteiger partial charge < -0.3 is 10.6 Å². The summed E-state index contributed by atoms with van der Waals surface area (Å²) in [4.78, 5) is 2.18. The third-order valence-corrected chi connectivity index (χ3v) is 2.80. The minimum absolute atomic E-state index is 0.214. The Bertz CT molecular complexity index is 403. The number of benzene rings is 1. The van der Waals surface area contributed by atoms with Crippen LogP contribution in [0.25, 0.3) is 0 Å². The third kappa shape index (κ3) is 3.25. The molecule has 1 aliphatic heterocycles. The zero-order valence-electron chi connectivity index (χ0n) is 9.60. The zero-order chi connectivity index (χ0) is 12.1. The summed E-state index contributed by atoms with van der Waals surface area (Å²) in [5.41, 5.74) is 1.37. The van der Waals surface area contributed by atoms with Gasteiger partial charge in [-0.1, -0.05) is 12.1 Å². The average molecular weight is 237 g/mol. The van der Waals surface area contributed by atoms with Gasteiger partial charge in [0.25, 0.3) is 0 Å². The second-order valence-corrected chi connectivity index (χ2v) is 4.02. The molecule has 0 saturated carbocycles. The molecule has 1 saturated heterocycles. The maximum absolute atomic E-state index is 13.8. The van der Waals surface area contributed by atoms with Crippen molar-refractivity contribution in [2.75, 3.05) is 26.3 Å². The van der Waals surface area contributed by atoms with Crippen molar-refractivity contribution in [2.45, 2.75) is 6.54 Å².